The molecule has 1 aromatic carbocycles. The molecular weight excluding hydrogens is 245 g/mol. The second kappa shape index (κ2) is 5.95. The first-order valence-corrected chi connectivity index (χ1v) is 5.89. The molecule has 0 aliphatic rings. The number of rotatable bonds is 3. The molecule has 2 amide bonds. The Morgan fingerprint density at radius 2 is 2.11 bits per heavy atom. The lowest BCUT2D eigenvalue weighted by Gasteiger charge is -2.14. The average Bonchev–Trinajstić information content (AvgIpc) is 2.39. The molecular formula is C14H14FN3O. The second-order valence-corrected chi connectivity index (χ2v) is 4.09. The number of amides is 2. The summed E-state index contributed by atoms with van der Waals surface area (Å²) in [5, 5.41) is 5.29. The van der Waals surface area contributed by atoms with Crippen molar-refractivity contribution >= 4 is 11.7 Å². The van der Waals surface area contributed by atoms with E-state index in [0.29, 0.717) is 5.69 Å². The van der Waals surface area contributed by atoms with Gasteiger partial charge in [-0.25, -0.2) is 9.18 Å². The van der Waals surface area contributed by atoms with Crippen LogP contribution in [0.2, 0.25) is 0 Å². The molecule has 4 nitrogen and oxygen atoms in total. The van der Waals surface area contributed by atoms with E-state index in [2.05, 4.69) is 15.6 Å². The van der Waals surface area contributed by atoms with Crippen molar-refractivity contribution in [3.63, 3.8) is 0 Å². The van der Waals surface area contributed by atoms with Gasteiger partial charge in [-0.3, -0.25) is 4.98 Å². The largest absolute Gasteiger partial charge is 0.330 e. The van der Waals surface area contributed by atoms with Crippen LogP contribution in [0.4, 0.5) is 14.9 Å². The molecule has 1 unspecified atom stereocenters. The minimum absolute atomic E-state index is 0.227. The number of halogens is 1. The molecule has 1 heterocycles. The number of hydrogen-bond acceptors (Lipinski definition) is 2. The Morgan fingerprint density at radius 1 is 1.26 bits per heavy atom. The van der Waals surface area contributed by atoms with Crippen molar-refractivity contribution in [2.45, 2.75) is 13.0 Å². The summed E-state index contributed by atoms with van der Waals surface area (Å²) >= 11 is 0. The Bertz CT molecular complexity index is 560. The van der Waals surface area contributed by atoms with Crippen molar-refractivity contribution in [2.24, 2.45) is 0 Å². The number of aromatic nitrogens is 1. The highest BCUT2D eigenvalue weighted by Gasteiger charge is 2.10. The van der Waals surface area contributed by atoms with Crippen LogP contribution in [0.3, 0.4) is 0 Å². The van der Waals surface area contributed by atoms with Crippen molar-refractivity contribution in [3.05, 3.63) is 60.2 Å². The number of nitrogens with zero attached hydrogens (tertiary/aromatic N) is 1. The summed E-state index contributed by atoms with van der Waals surface area (Å²) < 4.78 is 13.0. The van der Waals surface area contributed by atoms with Gasteiger partial charge in [-0.05, 0) is 37.3 Å². The molecule has 2 rings (SSSR count). The molecule has 0 bridgehead atoms. The Kier molecular flexibility index (Phi) is 4.07. The summed E-state index contributed by atoms with van der Waals surface area (Å²) in [7, 11) is 0. The molecule has 2 aromatic rings. The number of pyridine rings is 1. The fourth-order valence-electron chi connectivity index (χ4n) is 1.64. The molecule has 98 valence electrons. The smallest absolute Gasteiger partial charge is 0.319 e. The SMILES string of the molecule is CC(NC(=O)Nc1cccc(F)c1)c1ccccn1. The summed E-state index contributed by atoms with van der Waals surface area (Å²) in [5.74, 6) is -0.393. The van der Waals surface area contributed by atoms with Gasteiger partial charge in [0.15, 0.2) is 0 Å². The van der Waals surface area contributed by atoms with Crippen molar-refractivity contribution in [3.8, 4) is 0 Å². The Balaban J connectivity index is 1.95. The van der Waals surface area contributed by atoms with Gasteiger partial charge in [0.2, 0.25) is 0 Å². The zero-order chi connectivity index (χ0) is 13.7. The molecule has 0 spiro atoms. The van der Waals surface area contributed by atoms with Crippen LogP contribution < -0.4 is 10.6 Å². The summed E-state index contributed by atoms with van der Waals surface area (Å²) in [6, 6.07) is 10.6. The van der Waals surface area contributed by atoms with Crippen LogP contribution >= 0.6 is 0 Å². The Labute approximate surface area is 110 Å². The van der Waals surface area contributed by atoms with E-state index < -0.39 is 11.8 Å². The van der Waals surface area contributed by atoms with Gasteiger partial charge in [0, 0.05) is 11.9 Å². The number of anilines is 1. The fourth-order valence-corrected chi connectivity index (χ4v) is 1.64. The minimum atomic E-state index is -0.399. The van der Waals surface area contributed by atoms with Gasteiger partial charge in [0.1, 0.15) is 5.82 Å². The molecule has 1 atom stereocenters. The summed E-state index contributed by atoms with van der Waals surface area (Å²) in [5.41, 5.74) is 1.17. The third kappa shape index (κ3) is 3.77. The van der Waals surface area contributed by atoms with Crippen LogP contribution in [-0.2, 0) is 0 Å². The van der Waals surface area contributed by atoms with Crippen LogP contribution in [0, 0.1) is 5.82 Å². The monoisotopic (exact) mass is 259 g/mol. The first kappa shape index (κ1) is 13.0. The van der Waals surface area contributed by atoms with E-state index in [9.17, 15) is 9.18 Å². The van der Waals surface area contributed by atoms with Gasteiger partial charge in [-0.15, -0.1) is 0 Å². The molecule has 1 aromatic heterocycles. The zero-order valence-electron chi connectivity index (χ0n) is 10.4. The molecule has 0 aliphatic heterocycles. The fraction of sp³-hybridized carbons (Fsp3) is 0.143. The van der Waals surface area contributed by atoms with E-state index in [1.807, 2.05) is 25.1 Å². The molecule has 5 heteroatoms. The highest BCUT2D eigenvalue weighted by molar-refractivity contribution is 5.89. The van der Waals surface area contributed by atoms with Gasteiger partial charge in [0.25, 0.3) is 0 Å². The van der Waals surface area contributed by atoms with E-state index in [4.69, 9.17) is 0 Å². The van der Waals surface area contributed by atoms with Gasteiger partial charge in [0.05, 0.1) is 11.7 Å². The highest BCUT2D eigenvalue weighted by Crippen LogP contribution is 2.11. The number of hydrogen-bond donors (Lipinski definition) is 2. The van der Waals surface area contributed by atoms with Gasteiger partial charge < -0.3 is 10.6 Å². The summed E-state index contributed by atoms with van der Waals surface area (Å²) in [6.07, 6.45) is 1.66. The van der Waals surface area contributed by atoms with E-state index in [1.54, 1.807) is 12.3 Å². The van der Waals surface area contributed by atoms with E-state index in [0.717, 1.165) is 5.69 Å². The minimum Gasteiger partial charge on any atom is -0.330 e. The molecule has 2 N–H and O–H groups in total. The van der Waals surface area contributed by atoms with Crippen molar-refractivity contribution < 1.29 is 9.18 Å². The number of nitrogens with one attached hydrogen (secondary N) is 2. The van der Waals surface area contributed by atoms with Crippen LogP contribution in [0.15, 0.2) is 48.7 Å². The zero-order valence-corrected chi connectivity index (χ0v) is 10.4. The predicted molar refractivity (Wildman–Crippen MR) is 71.2 cm³/mol. The molecule has 0 fully saturated rings. The molecule has 0 radical (unpaired) electrons. The lowest BCUT2D eigenvalue weighted by atomic mass is 10.2. The number of carbonyl (C=O) groups excluding carboxylic acids is 1. The topological polar surface area (TPSA) is 54.0 Å². The summed E-state index contributed by atoms with van der Waals surface area (Å²) in [4.78, 5) is 15.9. The maximum atomic E-state index is 13.0. The van der Waals surface area contributed by atoms with Gasteiger partial charge in [-0.2, -0.15) is 0 Å². The maximum absolute atomic E-state index is 13.0. The van der Waals surface area contributed by atoms with Crippen LogP contribution in [0.25, 0.3) is 0 Å². The highest BCUT2D eigenvalue weighted by atomic mass is 19.1. The van der Waals surface area contributed by atoms with E-state index >= 15 is 0 Å². The maximum Gasteiger partial charge on any atom is 0.319 e. The number of carbonyl (C=O) groups is 1. The lowest BCUT2D eigenvalue weighted by molar-refractivity contribution is 0.249. The van der Waals surface area contributed by atoms with Crippen molar-refractivity contribution in [1.29, 1.82) is 0 Å². The standard InChI is InChI=1S/C14H14FN3O/c1-10(13-7-2-3-8-16-13)17-14(19)18-12-6-4-5-11(15)9-12/h2-10H,1H3,(H2,17,18,19). The van der Waals surface area contributed by atoms with E-state index in [1.165, 1.54) is 18.2 Å². The van der Waals surface area contributed by atoms with Crippen molar-refractivity contribution in [1.82, 2.24) is 10.3 Å². The normalized spacial score (nSPS) is 11.7. The quantitative estimate of drug-likeness (QED) is 0.889. The second-order valence-electron chi connectivity index (χ2n) is 4.09. The Morgan fingerprint density at radius 3 is 2.79 bits per heavy atom. The van der Waals surface area contributed by atoms with Gasteiger partial charge >= 0.3 is 6.03 Å². The third-order valence-corrected chi connectivity index (χ3v) is 2.56. The first-order chi connectivity index (χ1) is 9.15. The number of benzene rings is 1. The summed E-state index contributed by atoms with van der Waals surface area (Å²) in [6.45, 7) is 1.83. The average molecular weight is 259 g/mol. The number of urea groups is 1. The van der Waals surface area contributed by atoms with Gasteiger partial charge in [-0.1, -0.05) is 12.1 Å². The molecule has 19 heavy (non-hydrogen) atoms. The Hall–Kier alpha value is -2.43. The van der Waals surface area contributed by atoms with Crippen molar-refractivity contribution in [2.75, 3.05) is 5.32 Å². The van der Waals surface area contributed by atoms with Crippen LogP contribution in [0.5, 0.6) is 0 Å². The lowest BCUT2D eigenvalue weighted by Crippen LogP contribution is -2.31. The molecule has 0 aliphatic carbocycles. The first-order valence-electron chi connectivity index (χ1n) is 5.89. The molecule has 0 saturated carbocycles. The molecule has 0 saturated heterocycles. The predicted octanol–water partition coefficient (Wildman–Crippen LogP) is 3.10. The van der Waals surface area contributed by atoms with Crippen LogP contribution in [-0.4, -0.2) is 11.0 Å². The third-order valence-electron chi connectivity index (χ3n) is 2.56. The van der Waals surface area contributed by atoms with E-state index in [-0.39, 0.29) is 6.04 Å². The van der Waals surface area contributed by atoms with Crippen LogP contribution in [0.1, 0.15) is 18.7 Å².